The molecule has 8 nitrogen and oxygen atoms in total. The average molecular weight is 557 g/mol. The molecule has 0 bridgehead atoms. The summed E-state index contributed by atoms with van der Waals surface area (Å²) in [5, 5.41) is 0.326. The van der Waals surface area contributed by atoms with Gasteiger partial charge in [0.2, 0.25) is 5.78 Å². The molecule has 3 heterocycles. The minimum absolute atomic E-state index is 0.0787. The van der Waals surface area contributed by atoms with E-state index in [4.69, 9.17) is 16.3 Å². The van der Waals surface area contributed by atoms with Crippen molar-refractivity contribution < 1.29 is 23.5 Å². The highest BCUT2D eigenvalue weighted by Crippen LogP contribution is 2.40. The number of fused-ring (bicyclic) bond motifs is 1. The third-order valence-electron chi connectivity index (χ3n) is 8.09. The Morgan fingerprint density at radius 1 is 1.00 bits per heavy atom. The van der Waals surface area contributed by atoms with Gasteiger partial charge in [-0.1, -0.05) is 23.7 Å². The summed E-state index contributed by atoms with van der Waals surface area (Å²) in [7, 11) is 1.85. The molecule has 0 aliphatic carbocycles. The molecular weight excluding hydrogens is 523 g/mol. The summed E-state index contributed by atoms with van der Waals surface area (Å²) in [5.74, 6) is -2.09. The summed E-state index contributed by atoms with van der Waals surface area (Å²) < 4.78 is 18.6. The van der Waals surface area contributed by atoms with E-state index in [9.17, 15) is 18.8 Å². The van der Waals surface area contributed by atoms with Crippen molar-refractivity contribution >= 4 is 34.9 Å². The van der Waals surface area contributed by atoms with E-state index in [2.05, 4.69) is 11.8 Å². The number of halogens is 2. The predicted molar refractivity (Wildman–Crippen MR) is 147 cm³/mol. The topological polar surface area (TPSA) is 73.4 Å². The van der Waals surface area contributed by atoms with Gasteiger partial charge >= 0.3 is 0 Å². The van der Waals surface area contributed by atoms with Gasteiger partial charge in [0.1, 0.15) is 5.82 Å². The van der Waals surface area contributed by atoms with Crippen molar-refractivity contribution in [2.75, 3.05) is 57.9 Å². The zero-order chi connectivity index (χ0) is 27.8. The average Bonchev–Trinajstić information content (AvgIpc) is 3.25. The van der Waals surface area contributed by atoms with Crippen LogP contribution in [0.15, 0.2) is 36.4 Å². The highest BCUT2D eigenvalue weighted by Gasteiger charge is 2.40. The number of nitrogens with zero attached hydrogens (tertiary/aromatic N) is 4. The number of amides is 2. The van der Waals surface area contributed by atoms with Gasteiger partial charge < -0.3 is 19.4 Å². The molecule has 0 N–H and O–H groups in total. The van der Waals surface area contributed by atoms with Crippen molar-refractivity contribution in [1.82, 2.24) is 14.7 Å². The molecule has 2 fully saturated rings. The molecule has 2 aromatic carbocycles. The maximum Gasteiger partial charge on any atom is 0.290 e. The van der Waals surface area contributed by atoms with Gasteiger partial charge in [-0.25, -0.2) is 4.39 Å². The van der Waals surface area contributed by atoms with Crippen molar-refractivity contribution in [2.24, 2.45) is 0 Å². The molecule has 1 unspecified atom stereocenters. The minimum atomic E-state index is -0.659. The second kappa shape index (κ2) is 11.2. The second-order valence-corrected chi connectivity index (χ2v) is 11.2. The normalized spacial score (nSPS) is 23.6. The van der Waals surface area contributed by atoms with E-state index in [0.717, 1.165) is 11.3 Å². The summed E-state index contributed by atoms with van der Waals surface area (Å²) in [6, 6.07) is 9.93. The number of rotatable bonds is 5. The Bertz CT molecular complexity index is 1270. The number of carbonyl (C=O) groups excluding carboxylic acids is 3. The maximum atomic E-state index is 13.8. The van der Waals surface area contributed by atoms with E-state index in [1.165, 1.54) is 12.1 Å². The van der Waals surface area contributed by atoms with Crippen LogP contribution in [-0.4, -0.2) is 97.4 Å². The lowest BCUT2D eigenvalue weighted by Crippen LogP contribution is -2.57. The molecule has 2 amide bonds. The van der Waals surface area contributed by atoms with Crippen LogP contribution in [0, 0.1) is 5.82 Å². The molecule has 3 atom stereocenters. The fraction of sp³-hybridized carbons (Fsp3) is 0.483. The van der Waals surface area contributed by atoms with E-state index in [0.29, 0.717) is 68.6 Å². The van der Waals surface area contributed by atoms with Crippen LogP contribution in [0.1, 0.15) is 41.3 Å². The number of hydrogen-bond acceptors (Lipinski definition) is 6. The van der Waals surface area contributed by atoms with Crippen LogP contribution < -0.4 is 4.90 Å². The summed E-state index contributed by atoms with van der Waals surface area (Å²) in [4.78, 5) is 47.6. The first-order valence-corrected chi connectivity index (χ1v) is 13.8. The van der Waals surface area contributed by atoms with Crippen molar-refractivity contribution in [3.05, 3.63) is 63.9 Å². The molecule has 208 valence electrons. The Kier molecular flexibility index (Phi) is 7.94. The molecule has 39 heavy (non-hydrogen) atoms. The van der Waals surface area contributed by atoms with Crippen LogP contribution >= 0.6 is 11.6 Å². The fourth-order valence-corrected chi connectivity index (χ4v) is 6.04. The molecule has 0 aromatic heterocycles. The number of hydrogen-bond donors (Lipinski definition) is 0. The predicted octanol–water partition coefficient (Wildman–Crippen LogP) is 3.18. The summed E-state index contributed by atoms with van der Waals surface area (Å²) in [6.07, 6.45) is 0. The summed E-state index contributed by atoms with van der Waals surface area (Å²) >= 11 is 6.64. The van der Waals surface area contributed by atoms with Crippen LogP contribution in [0.25, 0.3) is 0 Å². The molecule has 3 aliphatic rings. The molecule has 2 aromatic rings. The molecule has 2 saturated heterocycles. The monoisotopic (exact) mass is 556 g/mol. The Labute approximate surface area is 233 Å². The van der Waals surface area contributed by atoms with Gasteiger partial charge in [-0.2, -0.15) is 0 Å². The van der Waals surface area contributed by atoms with Crippen LogP contribution in [-0.2, 0) is 20.9 Å². The molecule has 3 aliphatic heterocycles. The lowest BCUT2D eigenvalue weighted by Gasteiger charge is -2.44. The Hall–Kier alpha value is -3.01. The highest BCUT2D eigenvalue weighted by molar-refractivity contribution is 6.39. The SMILES string of the molecule is C[C@@H]1CN(Cc2ccc(F)cc2)[C@@H](C)CN1C(=O)c1cc2c(cc1Cl)N(C)CC2C(=O)C(=O)N1CCOCC1. The molecule has 0 radical (unpaired) electrons. The van der Waals surface area contributed by atoms with Gasteiger partial charge in [-0.15, -0.1) is 0 Å². The molecule has 0 saturated carbocycles. The quantitative estimate of drug-likeness (QED) is 0.527. The smallest absolute Gasteiger partial charge is 0.290 e. The van der Waals surface area contributed by atoms with Crippen LogP contribution in [0.5, 0.6) is 0 Å². The van der Waals surface area contributed by atoms with E-state index in [-0.39, 0.29) is 23.8 Å². The molecule has 0 spiro atoms. The van der Waals surface area contributed by atoms with Gasteiger partial charge in [0.05, 0.1) is 29.7 Å². The number of ether oxygens (including phenoxy) is 1. The minimum Gasteiger partial charge on any atom is -0.378 e. The first-order chi connectivity index (χ1) is 18.6. The third kappa shape index (κ3) is 5.53. The van der Waals surface area contributed by atoms with Gasteiger partial charge in [-0.3, -0.25) is 19.3 Å². The molecule has 5 rings (SSSR count). The number of ketones is 1. The van der Waals surface area contributed by atoms with Gasteiger partial charge in [0, 0.05) is 64.1 Å². The zero-order valence-electron chi connectivity index (χ0n) is 22.5. The van der Waals surface area contributed by atoms with Gasteiger partial charge in [-0.05, 0) is 49.2 Å². The molecular formula is C29H34ClFN4O4. The van der Waals surface area contributed by atoms with Crippen molar-refractivity contribution in [3.8, 4) is 0 Å². The largest absolute Gasteiger partial charge is 0.378 e. The first-order valence-electron chi connectivity index (χ1n) is 13.4. The number of carbonyl (C=O) groups is 3. The number of Topliss-reactive ketones (excluding diaryl/α,β-unsaturated/α-hetero) is 1. The maximum absolute atomic E-state index is 13.8. The van der Waals surface area contributed by atoms with Crippen LogP contribution in [0.3, 0.4) is 0 Å². The second-order valence-electron chi connectivity index (χ2n) is 10.8. The molecule has 10 heteroatoms. The van der Waals surface area contributed by atoms with Crippen LogP contribution in [0.4, 0.5) is 10.1 Å². The van der Waals surface area contributed by atoms with E-state index < -0.39 is 17.6 Å². The van der Waals surface area contributed by atoms with E-state index in [1.807, 2.05) is 23.8 Å². The lowest BCUT2D eigenvalue weighted by molar-refractivity contribution is -0.147. The summed E-state index contributed by atoms with van der Waals surface area (Å²) in [6.45, 7) is 7.89. The van der Waals surface area contributed by atoms with Gasteiger partial charge in [0.15, 0.2) is 0 Å². The Morgan fingerprint density at radius 2 is 1.69 bits per heavy atom. The zero-order valence-corrected chi connectivity index (χ0v) is 23.3. The Morgan fingerprint density at radius 3 is 2.38 bits per heavy atom. The first kappa shape index (κ1) is 27.6. The van der Waals surface area contributed by atoms with Gasteiger partial charge in [0.25, 0.3) is 11.8 Å². The Balaban J connectivity index is 1.34. The number of likely N-dealkylation sites (N-methyl/N-ethyl adjacent to an activating group) is 1. The third-order valence-corrected chi connectivity index (χ3v) is 8.40. The van der Waals surface area contributed by atoms with E-state index >= 15 is 0 Å². The highest BCUT2D eigenvalue weighted by atomic mass is 35.5. The number of benzene rings is 2. The lowest BCUT2D eigenvalue weighted by atomic mass is 9.93. The van der Waals surface area contributed by atoms with Crippen molar-refractivity contribution in [1.29, 1.82) is 0 Å². The van der Waals surface area contributed by atoms with E-state index in [1.54, 1.807) is 29.2 Å². The number of piperazine rings is 1. The van der Waals surface area contributed by atoms with Crippen molar-refractivity contribution in [2.45, 2.75) is 38.4 Å². The summed E-state index contributed by atoms with van der Waals surface area (Å²) in [5.41, 5.74) is 2.78. The standard InChI is InChI=1S/C29H34ClFN4O4/c1-18-15-35(19(2)14-34(18)16-20-4-6-21(31)7-5-20)28(37)23-12-22-24(17-32(3)26(22)13-25(23)30)27(36)29(38)33-8-10-39-11-9-33/h4-7,12-13,18-19,24H,8-11,14-17H2,1-3H3/t18-,19+,24?/m0/s1. The van der Waals surface area contributed by atoms with Crippen LogP contribution in [0.2, 0.25) is 5.02 Å². The number of morpholine rings is 1. The number of anilines is 1. The van der Waals surface area contributed by atoms with Crippen molar-refractivity contribution in [3.63, 3.8) is 0 Å². The fourth-order valence-electron chi connectivity index (χ4n) is 5.80.